The molecule has 0 saturated carbocycles. The van der Waals surface area contributed by atoms with Gasteiger partial charge in [0.25, 0.3) is 0 Å². The summed E-state index contributed by atoms with van der Waals surface area (Å²) in [6, 6.07) is 7.83. The SMILES string of the molecule is COCC(N)CSc1ccc(Cl)cc1. The standard InChI is InChI=1S/C10H14ClNOS/c1-13-6-9(12)7-14-10-4-2-8(11)3-5-10/h2-5,9H,6-7,12H2,1H3. The smallest absolute Gasteiger partial charge is 0.0621 e. The van der Waals surface area contributed by atoms with Crippen LogP contribution in [-0.2, 0) is 4.74 Å². The summed E-state index contributed by atoms with van der Waals surface area (Å²) in [6.45, 7) is 0.598. The van der Waals surface area contributed by atoms with Crippen LogP contribution in [-0.4, -0.2) is 25.5 Å². The van der Waals surface area contributed by atoms with Crippen molar-refractivity contribution >= 4 is 23.4 Å². The molecule has 0 saturated heterocycles. The van der Waals surface area contributed by atoms with Crippen LogP contribution in [0.25, 0.3) is 0 Å². The summed E-state index contributed by atoms with van der Waals surface area (Å²) in [5.74, 6) is 0.857. The van der Waals surface area contributed by atoms with Gasteiger partial charge in [-0.3, -0.25) is 0 Å². The van der Waals surface area contributed by atoms with E-state index in [2.05, 4.69) is 0 Å². The normalized spacial score (nSPS) is 12.8. The first-order valence-electron chi connectivity index (χ1n) is 4.35. The van der Waals surface area contributed by atoms with Crippen molar-refractivity contribution in [3.8, 4) is 0 Å². The van der Waals surface area contributed by atoms with Crippen molar-refractivity contribution in [1.29, 1.82) is 0 Å². The molecule has 0 aliphatic rings. The minimum atomic E-state index is 0.0840. The van der Waals surface area contributed by atoms with Gasteiger partial charge in [0.15, 0.2) is 0 Å². The predicted octanol–water partition coefficient (Wildman–Crippen LogP) is 2.41. The molecule has 0 aromatic heterocycles. The molecule has 0 bridgehead atoms. The Bertz CT molecular complexity index is 265. The highest BCUT2D eigenvalue weighted by atomic mass is 35.5. The number of rotatable bonds is 5. The average molecular weight is 232 g/mol. The minimum Gasteiger partial charge on any atom is -0.383 e. The van der Waals surface area contributed by atoms with Gasteiger partial charge in [-0.15, -0.1) is 11.8 Å². The van der Waals surface area contributed by atoms with Crippen LogP contribution in [0.3, 0.4) is 0 Å². The van der Waals surface area contributed by atoms with Crippen molar-refractivity contribution in [3.05, 3.63) is 29.3 Å². The first-order chi connectivity index (χ1) is 6.72. The lowest BCUT2D eigenvalue weighted by atomic mass is 10.4. The minimum absolute atomic E-state index is 0.0840. The van der Waals surface area contributed by atoms with Crippen molar-refractivity contribution in [1.82, 2.24) is 0 Å². The number of methoxy groups -OCH3 is 1. The van der Waals surface area contributed by atoms with Crippen LogP contribution >= 0.6 is 23.4 Å². The van der Waals surface area contributed by atoms with E-state index in [1.165, 1.54) is 4.90 Å². The van der Waals surface area contributed by atoms with Gasteiger partial charge in [0, 0.05) is 28.8 Å². The van der Waals surface area contributed by atoms with Gasteiger partial charge in [-0.1, -0.05) is 11.6 Å². The lowest BCUT2D eigenvalue weighted by molar-refractivity contribution is 0.186. The van der Waals surface area contributed by atoms with Crippen molar-refractivity contribution in [2.24, 2.45) is 5.73 Å². The highest BCUT2D eigenvalue weighted by molar-refractivity contribution is 7.99. The Morgan fingerprint density at radius 2 is 2.07 bits per heavy atom. The van der Waals surface area contributed by atoms with Crippen molar-refractivity contribution < 1.29 is 4.74 Å². The third kappa shape index (κ3) is 4.33. The Labute approximate surface area is 93.8 Å². The fourth-order valence-electron chi connectivity index (χ4n) is 0.996. The van der Waals surface area contributed by atoms with Crippen LogP contribution in [0.1, 0.15) is 0 Å². The number of nitrogens with two attached hydrogens (primary N) is 1. The molecule has 0 radical (unpaired) electrons. The Balaban J connectivity index is 2.34. The zero-order chi connectivity index (χ0) is 10.4. The molecule has 0 aliphatic carbocycles. The number of benzene rings is 1. The van der Waals surface area contributed by atoms with E-state index in [4.69, 9.17) is 22.1 Å². The topological polar surface area (TPSA) is 35.2 Å². The van der Waals surface area contributed by atoms with Crippen LogP contribution in [0.2, 0.25) is 5.02 Å². The third-order valence-corrected chi connectivity index (χ3v) is 3.11. The molecule has 2 nitrogen and oxygen atoms in total. The molecule has 14 heavy (non-hydrogen) atoms. The molecule has 0 fully saturated rings. The highest BCUT2D eigenvalue weighted by Gasteiger charge is 2.02. The van der Waals surface area contributed by atoms with Gasteiger partial charge >= 0.3 is 0 Å². The van der Waals surface area contributed by atoms with E-state index in [1.807, 2.05) is 24.3 Å². The fraction of sp³-hybridized carbons (Fsp3) is 0.400. The molecule has 1 aromatic carbocycles. The molecule has 0 heterocycles. The van der Waals surface area contributed by atoms with Crippen LogP contribution in [0, 0.1) is 0 Å². The van der Waals surface area contributed by atoms with Crippen molar-refractivity contribution in [2.75, 3.05) is 19.5 Å². The van der Waals surface area contributed by atoms with Crippen LogP contribution in [0.15, 0.2) is 29.2 Å². The van der Waals surface area contributed by atoms with E-state index in [0.29, 0.717) is 6.61 Å². The summed E-state index contributed by atoms with van der Waals surface area (Å²) in [5, 5.41) is 0.760. The number of hydrogen-bond donors (Lipinski definition) is 1. The van der Waals surface area contributed by atoms with E-state index < -0.39 is 0 Å². The van der Waals surface area contributed by atoms with E-state index in [9.17, 15) is 0 Å². The van der Waals surface area contributed by atoms with Gasteiger partial charge in [-0.2, -0.15) is 0 Å². The summed E-state index contributed by atoms with van der Waals surface area (Å²) >= 11 is 7.48. The quantitative estimate of drug-likeness (QED) is 0.791. The Hall–Kier alpha value is -0.220. The molecule has 1 rings (SSSR count). The number of thioether (sulfide) groups is 1. The van der Waals surface area contributed by atoms with Crippen LogP contribution < -0.4 is 5.73 Å². The number of hydrogen-bond acceptors (Lipinski definition) is 3. The van der Waals surface area contributed by atoms with E-state index in [1.54, 1.807) is 18.9 Å². The molecule has 0 amide bonds. The molecule has 2 N–H and O–H groups in total. The zero-order valence-electron chi connectivity index (χ0n) is 8.07. The first-order valence-corrected chi connectivity index (χ1v) is 5.71. The molecule has 0 spiro atoms. The number of ether oxygens (including phenoxy) is 1. The lowest BCUT2D eigenvalue weighted by Gasteiger charge is -2.09. The maximum atomic E-state index is 5.79. The fourth-order valence-corrected chi connectivity index (χ4v) is 1.95. The van der Waals surface area contributed by atoms with Gasteiger partial charge in [0.1, 0.15) is 0 Å². The lowest BCUT2D eigenvalue weighted by Crippen LogP contribution is -2.27. The number of halogens is 1. The van der Waals surface area contributed by atoms with Gasteiger partial charge < -0.3 is 10.5 Å². The summed E-state index contributed by atoms with van der Waals surface area (Å²) in [4.78, 5) is 1.18. The first kappa shape index (κ1) is 11.9. The average Bonchev–Trinajstić information content (AvgIpc) is 2.17. The van der Waals surface area contributed by atoms with E-state index in [-0.39, 0.29) is 6.04 Å². The van der Waals surface area contributed by atoms with Crippen LogP contribution in [0.5, 0.6) is 0 Å². The maximum absolute atomic E-state index is 5.79. The second-order valence-corrected chi connectivity index (χ2v) is 4.51. The summed E-state index contributed by atoms with van der Waals surface area (Å²) in [6.07, 6.45) is 0. The molecule has 1 unspecified atom stereocenters. The largest absolute Gasteiger partial charge is 0.383 e. The summed E-state index contributed by atoms with van der Waals surface area (Å²) in [5.41, 5.74) is 5.79. The molecule has 4 heteroatoms. The van der Waals surface area contributed by atoms with E-state index in [0.717, 1.165) is 10.8 Å². The highest BCUT2D eigenvalue weighted by Crippen LogP contribution is 2.20. The molecular formula is C10H14ClNOS. The zero-order valence-corrected chi connectivity index (χ0v) is 9.65. The Kier molecular flexibility index (Phi) is 5.33. The van der Waals surface area contributed by atoms with Crippen LogP contribution in [0.4, 0.5) is 0 Å². The summed E-state index contributed by atoms with van der Waals surface area (Å²) in [7, 11) is 1.66. The molecule has 1 atom stereocenters. The predicted molar refractivity (Wildman–Crippen MR) is 62.0 cm³/mol. The Morgan fingerprint density at radius 1 is 1.43 bits per heavy atom. The van der Waals surface area contributed by atoms with Crippen molar-refractivity contribution in [2.45, 2.75) is 10.9 Å². The molecule has 0 aliphatic heterocycles. The maximum Gasteiger partial charge on any atom is 0.0621 e. The van der Waals surface area contributed by atoms with Gasteiger partial charge in [-0.25, -0.2) is 0 Å². The van der Waals surface area contributed by atoms with Gasteiger partial charge in [0.2, 0.25) is 0 Å². The van der Waals surface area contributed by atoms with Gasteiger partial charge in [0.05, 0.1) is 6.61 Å². The van der Waals surface area contributed by atoms with E-state index >= 15 is 0 Å². The monoisotopic (exact) mass is 231 g/mol. The second-order valence-electron chi connectivity index (χ2n) is 2.98. The Morgan fingerprint density at radius 3 is 2.64 bits per heavy atom. The third-order valence-electron chi connectivity index (χ3n) is 1.66. The molecule has 1 aromatic rings. The molecular weight excluding hydrogens is 218 g/mol. The van der Waals surface area contributed by atoms with Crippen molar-refractivity contribution in [3.63, 3.8) is 0 Å². The van der Waals surface area contributed by atoms with Gasteiger partial charge in [-0.05, 0) is 24.3 Å². The molecule has 78 valence electrons. The summed E-state index contributed by atoms with van der Waals surface area (Å²) < 4.78 is 4.95. The second kappa shape index (κ2) is 6.30.